The smallest absolute Gasteiger partial charge is 0.114 e. The highest BCUT2D eigenvalue weighted by molar-refractivity contribution is 5.18. The molecule has 0 bridgehead atoms. The molecule has 0 aromatic rings. The zero-order valence-corrected chi connectivity index (χ0v) is 9.41. The minimum Gasteiger partial charge on any atom is -0.381 e. The zero-order valence-electron chi connectivity index (χ0n) is 9.41. The van der Waals surface area contributed by atoms with Crippen molar-refractivity contribution in [3.63, 3.8) is 0 Å². The molecule has 3 aliphatic rings. The molecule has 0 radical (unpaired) electrons. The van der Waals surface area contributed by atoms with Crippen molar-refractivity contribution in [1.29, 1.82) is 5.26 Å². The molecule has 0 aromatic carbocycles. The molecule has 0 N–H and O–H groups in total. The van der Waals surface area contributed by atoms with Crippen LogP contribution < -0.4 is 0 Å². The first-order valence-electron chi connectivity index (χ1n) is 5.98. The monoisotopic (exact) mass is 223 g/mol. The van der Waals surface area contributed by atoms with Crippen LogP contribution in [0.2, 0.25) is 0 Å². The molecule has 0 amide bonds. The van der Waals surface area contributed by atoms with E-state index in [-0.39, 0.29) is 10.8 Å². The van der Waals surface area contributed by atoms with Crippen LogP contribution >= 0.6 is 0 Å². The first-order chi connectivity index (χ1) is 7.83. The average molecular weight is 223 g/mol. The number of ether oxygens (including phenoxy) is 3. The lowest BCUT2D eigenvalue weighted by atomic mass is 9.54. The van der Waals surface area contributed by atoms with Crippen molar-refractivity contribution in [3.8, 4) is 6.07 Å². The molecule has 0 aromatic heterocycles. The zero-order chi connectivity index (χ0) is 11.1. The van der Waals surface area contributed by atoms with Crippen LogP contribution in [0, 0.1) is 28.1 Å². The van der Waals surface area contributed by atoms with Crippen molar-refractivity contribution in [2.75, 3.05) is 39.6 Å². The summed E-state index contributed by atoms with van der Waals surface area (Å²) < 4.78 is 16.1. The maximum Gasteiger partial charge on any atom is 0.114 e. The molecule has 3 fully saturated rings. The second kappa shape index (κ2) is 3.69. The summed E-state index contributed by atoms with van der Waals surface area (Å²) in [6, 6.07) is 2.51. The number of hydrogen-bond acceptors (Lipinski definition) is 4. The topological polar surface area (TPSA) is 51.5 Å². The molecule has 0 spiro atoms. The predicted octanol–water partition coefficient (Wildman–Crippen LogP) is 0.970. The summed E-state index contributed by atoms with van der Waals surface area (Å²) in [5, 5.41) is 9.45. The van der Waals surface area contributed by atoms with Gasteiger partial charge in [0.2, 0.25) is 0 Å². The van der Waals surface area contributed by atoms with Gasteiger partial charge >= 0.3 is 0 Å². The Morgan fingerprint density at radius 2 is 1.56 bits per heavy atom. The van der Waals surface area contributed by atoms with Crippen molar-refractivity contribution in [3.05, 3.63) is 0 Å². The van der Waals surface area contributed by atoms with E-state index < -0.39 is 0 Å². The second-order valence-corrected chi connectivity index (χ2v) is 5.22. The summed E-state index contributed by atoms with van der Waals surface area (Å²) in [6.07, 6.45) is 2.12. The number of nitriles is 1. The van der Waals surface area contributed by atoms with E-state index in [2.05, 4.69) is 6.07 Å². The molecule has 88 valence electrons. The van der Waals surface area contributed by atoms with E-state index in [1.54, 1.807) is 0 Å². The van der Waals surface area contributed by atoms with E-state index in [1.807, 2.05) is 0 Å². The normalized spacial score (nSPS) is 32.2. The van der Waals surface area contributed by atoms with E-state index in [0.29, 0.717) is 19.1 Å². The van der Waals surface area contributed by atoms with Crippen LogP contribution in [0.1, 0.15) is 12.8 Å². The van der Waals surface area contributed by atoms with Gasteiger partial charge in [-0.25, -0.2) is 0 Å². The molecule has 0 aliphatic carbocycles. The molecule has 3 saturated heterocycles. The fourth-order valence-electron chi connectivity index (χ4n) is 3.24. The lowest BCUT2D eigenvalue weighted by molar-refractivity contribution is -0.272. The molecular weight excluding hydrogens is 206 g/mol. The Morgan fingerprint density at radius 1 is 0.938 bits per heavy atom. The van der Waals surface area contributed by atoms with Crippen LogP contribution in [-0.2, 0) is 14.2 Å². The molecule has 3 rings (SSSR count). The standard InChI is InChI=1S/C12H17NO3/c13-5-11(6-15-7-11)12(8-16-9-12)10-1-3-14-4-2-10/h10H,1-4,6-9H2. The van der Waals surface area contributed by atoms with E-state index in [1.165, 1.54) is 0 Å². The van der Waals surface area contributed by atoms with Crippen molar-refractivity contribution in [2.45, 2.75) is 12.8 Å². The van der Waals surface area contributed by atoms with Crippen LogP contribution in [0.4, 0.5) is 0 Å². The minimum absolute atomic E-state index is 0.0454. The molecule has 3 aliphatic heterocycles. The summed E-state index contributed by atoms with van der Waals surface area (Å²) in [4.78, 5) is 0. The summed E-state index contributed by atoms with van der Waals surface area (Å²) >= 11 is 0. The van der Waals surface area contributed by atoms with Gasteiger partial charge in [-0.1, -0.05) is 0 Å². The van der Waals surface area contributed by atoms with Gasteiger partial charge in [-0.2, -0.15) is 5.26 Å². The Kier molecular flexibility index (Phi) is 2.43. The van der Waals surface area contributed by atoms with Gasteiger partial charge in [0, 0.05) is 18.6 Å². The highest BCUT2D eigenvalue weighted by Crippen LogP contribution is 2.56. The molecule has 0 saturated carbocycles. The lowest BCUT2D eigenvalue weighted by Crippen LogP contribution is -2.66. The third-order valence-electron chi connectivity index (χ3n) is 4.59. The third kappa shape index (κ3) is 1.20. The Hall–Kier alpha value is -0.630. The highest BCUT2D eigenvalue weighted by Gasteiger charge is 2.64. The molecule has 4 heteroatoms. The van der Waals surface area contributed by atoms with Gasteiger partial charge in [0.15, 0.2) is 0 Å². The fourth-order valence-corrected chi connectivity index (χ4v) is 3.24. The third-order valence-corrected chi connectivity index (χ3v) is 4.59. The van der Waals surface area contributed by atoms with Crippen molar-refractivity contribution in [1.82, 2.24) is 0 Å². The lowest BCUT2D eigenvalue weighted by Gasteiger charge is -2.59. The van der Waals surface area contributed by atoms with E-state index in [0.717, 1.165) is 39.3 Å². The van der Waals surface area contributed by atoms with E-state index in [4.69, 9.17) is 14.2 Å². The average Bonchev–Trinajstić information content (AvgIpc) is 2.22. The number of rotatable bonds is 2. The summed E-state index contributed by atoms with van der Waals surface area (Å²) in [5.41, 5.74) is -0.239. The first-order valence-corrected chi connectivity index (χ1v) is 5.98. The number of hydrogen-bond donors (Lipinski definition) is 0. The first kappa shape index (κ1) is 10.5. The Bertz CT molecular complexity index is 309. The van der Waals surface area contributed by atoms with Crippen LogP contribution in [0.5, 0.6) is 0 Å². The second-order valence-electron chi connectivity index (χ2n) is 5.22. The molecule has 3 heterocycles. The van der Waals surface area contributed by atoms with E-state index >= 15 is 0 Å². The van der Waals surface area contributed by atoms with Gasteiger partial charge in [-0.05, 0) is 18.8 Å². The van der Waals surface area contributed by atoms with Crippen LogP contribution in [0.3, 0.4) is 0 Å². The van der Waals surface area contributed by atoms with Gasteiger partial charge in [0.1, 0.15) is 5.41 Å². The number of nitrogens with zero attached hydrogens (tertiary/aromatic N) is 1. The molecule has 0 atom stereocenters. The van der Waals surface area contributed by atoms with Gasteiger partial charge in [-0.15, -0.1) is 0 Å². The largest absolute Gasteiger partial charge is 0.381 e. The predicted molar refractivity (Wildman–Crippen MR) is 55.7 cm³/mol. The minimum atomic E-state index is -0.284. The van der Waals surface area contributed by atoms with E-state index in [9.17, 15) is 5.26 Å². The Morgan fingerprint density at radius 3 is 1.94 bits per heavy atom. The summed E-state index contributed by atoms with van der Waals surface area (Å²) in [7, 11) is 0. The SMILES string of the molecule is N#CC1(C2(C3CCOCC3)COC2)COC1. The Balaban J connectivity index is 1.84. The van der Waals surface area contributed by atoms with Crippen LogP contribution in [0.15, 0.2) is 0 Å². The fraction of sp³-hybridized carbons (Fsp3) is 0.917. The highest BCUT2D eigenvalue weighted by atomic mass is 16.5. The summed E-state index contributed by atoms with van der Waals surface area (Å²) in [5.74, 6) is 0.568. The van der Waals surface area contributed by atoms with Crippen LogP contribution in [-0.4, -0.2) is 39.6 Å². The van der Waals surface area contributed by atoms with Gasteiger partial charge in [-0.3, -0.25) is 0 Å². The van der Waals surface area contributed by atoms with Crippen LogP contribution in [0.25, 0.3) is 0 Å². The van der Waals surface area contributed by atoms with Gasteiger partial charge < -0.3 is 14.2 Å². The Labute approximate surface area is 95.5 Å². The van der Waals surface area contributed by atoms with Gasteiger partial charge in [0.25, 0.3) is 0 Å². The maximum absolute atomic E-state index is 9.45. The summed E-state index contributed by atoms with van der Waals surface area (Å²) in [6.45, 7) is 4.29. The van der Waals surface area contributed by atoms with Gasteiger partial charge in [0.05, 0.1) is 32.5 Å². The molecule has 0 unspecified atom stereocenters. The van der Waals surface area contributed by atoms with Crippen molar-refractivity contribution < 1.29 is 14.2 Å². The van der Waals surface area contributed by atoms with Crippen molar-refractivity contribution in [2.24, 2.45) is 16.7 Å². The molecular formula is C12H17NO3. The quantitative estimate of drug-likeness (QED) is 0.700. The maximum atomic E-state index is 9.45. The van der Waals surface area contributed by atoms with Crippen molar-refractivity contribution >= 4 is 0 Å². The molecule has 16 heavy (non-hydrogen) atoms. The molecule has 4 nitrogen and oxygen atoms in total.